The van der Waals surface area contributed by atoms with Gasteiger partial charge in [0, 0.05) is 18.0 Å². The average molecular weight is 298 g/mol. The smallest absolute Gasteiger partial charge is 0.195 e. The first-order valence-electron chi connectivity index (χ1n) is 6.46. The minimum atomic E-state index is 0.595. The number of hydrogen-bond donors (Lipinski definition) is 1. The van der Waals surface area contributed by atoms with Gasteiger partial charge in [0.25, 0.3) is 0 Å². The van der Waals surface area contributed by atoms with E-state index in [-0.39, 0.29) is 0 Å². The van der Waals surface area contributed by atoms with Crippen LogP contribution in [0.2, 0.25) is 0 Å². The van der Waals surface area contributed by atoms with E-state index < -0.39 is 0 Å². The summed E-state index contributed by atoms with van der Waals surface area (Å²) in [6.07, 6.45) is 3.48. The Kier molecular flexibility index (Phi) is 3.79. The van der Waals surface area contributed by atoms with Gasteiger partial charge in [0.15, 0.2) is 10.6 Å². The Morgan fingerprint density at radius 1 is 1.14 bits per heavy atom. The molecule has 1 N–H and O–H groups in total. The first-order chi connectivity index (χ1) is 10.3. The van der Waals surface area contributed by atoms with Crippen LogP contribution in [0.25, 0.3) is 11.4 Å². The number of methoxy groups -OCH3 is 1. The summed E-state index contributed by atoms with van der Waals surface area (Å²) < 4.78 is 7.73. The number of H-pyrrole nitrogens is 1. The molecule has 0 bridgehead atoms. The van der Waals surface area contributed by atoms with Gasteiger partial charge in [0.05, 0.1) is 13.7 Å². The number of nitrogens with zero attached hydrogens (tertiary/aromatic N) is 3. The summed E-state index contributed by atoms with van der Waals surface area (Å²) in [6.45, 7) is 0.650. The predicted molar refractivity (Wildman–Crippen MR) is 82.7 cm³/mol. The van der Waals surface area contributed by atoms with Gasteiger partial charge in [-0.25, -0.2) is 0 Å². The molecule has 1 aromatic carbocycles. The lowest BCUT2D eigenvalue weighted by atomic mass is 10.2. The standard InChI is InChI=1S/C15H14N4OS/c1-20-13-4-2-11(3-5-13)10-19-14(17-18-15(19)21)12-6-8-16-9-7-12/h2-9H,10H2,1H3,(H,18,21). The van der Waals surface area contributed by atoms with Gasteiger partial charge >= 0.3 is 0 Å². The molecule has 0 radical (unpaired) electrons. The van der Waals surface area contributed by atoms with Crippen molar-refractivity contribution in [2.24, 2.45) is 0 Å². The molecular weight excluding hydrogens is 284 g/mol. The Morgan fingerprint density at radius 3 is 2.52 bits per heavy atom. The van der Waals surface area contributed by atoms with Gasteiger partial charge < -0.3 is 4.74 Å². The van der Waals surface area contributed by atoms with Crippen molar-refractivity contribution in [1.29, 1.82) is 0 Å². The van der Waals surface area contributed by atoms with Crippen molar-refractivity contribution >= 4 is 12.2 Å². The Morgan fingerprint density at radius 2 is 1.86 bits per heavy atom. The fraction of sp³-hybridized carbons (Fsp3) is 0.133. The molecule has 0 fully saturated rings. The summed E-state index contributed by atoms with van der Waals surface area (Å²) in [5.74, 6) is 1.64. The minimum absolute atomic E-state index is 0.595. The molecule has 21 heavy (non-hydrogen) atoms. The van der Waals surface area contributed by atoms with Crippen LogP contribution < -0.4 is 4.74 Å². The Hall–Kier alpha value is -2.47. The summed E-state index contributed by atoms with van der Waals surface area (Å²) >= 11 is 5.33. The second-order valence-corrected chi connectivity index (χ2v) is 4.91. The first-order valence-corrected chi connectivity index (χ1v) is 6.87. The molecule has 0 amide bonds. The van der Waals surface area contributed by atoms with E-state index in [9.17, 15) is 0 Å². The molecule has 0 atom stereocenters. The van der Waals surface area contributed by atoms with E-state index in [1.54, 1.807) is 19.5 Å². The number of pyridine rings is 1. The quantitative estimate of drug-likeness (QED) is 0.752. The Labute approximate surface area is 127 Å². The number of rotatable bonds is 4. The molecular formula is C15H14N4OS. The van der Waals surface area contributed by atoms with Crippen molar-refractivity contribution in [3.05, 3.63) is 59.1 Å². The number of hydrogen-bond acceptors (Lipinski definition) is 4. The van der Waals surface area contributed by atoms with Gasteiger partial charge in [-0.05, 0) is 42.0 Å². The molecule has 0 saturated heterocycles. The third-order valence-corrected chi connectivity index (χ3v) is 3.51. The topological polar surface area (TPSA) is 55.7 Å². The molecule has 6 heteroatoms. The van der Waals surface area contributed by atoms with Gasteiger partial charge in [0.2, 0.25) is 0 Å². The highest BCUT2D eigenvalue weighted by atomic mass is 32.1. The van der Waals surface area contributed by atoms with Crippen LogP contribution in [0.4, 0.5) is 0 Å². The van der Waals surface area contributed by atoms with Crippen LogP contribution in [-0.2, 0) is 6.54 Å². The zero-order valence-corrected chi connectivity index (χ0v) is 12.3. The molecule has 0 unspecified atom stereocenters. The van der Waals surface area contributed by atoms with Crippen molar-refractivity contribution in [1.82, 2.24) is 19.7 Å². The number of aromatic nitrogens is 4. The number of ether oxygens (including phenoxy) is 1. The Bertz CT molecular complexity index is 777. The number of aromatic amines is 1. The molecule has 2 heterocycles. The van der Waals surface area contributed by atoms with Crippen molar-refractivity contribution in [3.8, 4) is 17.1 Å². The summed E-state index contributed by atoms with van der Waals surface area (Å²) in [5.41, 5.74) is 2.11. The normalized spacial score (nSPS) is 10.5. The molecule has 3 rings (SSSR count). The van der Waals surface area contributed by atoms with E-state index in [4.69, 9.17) is 17.0 Å². The van der Waals surface area contributed by atoms with Crippen molar-refractivity contribution in [2.75, 3.05) is 7.11 Å². The second kappa shape index (κ2) is 5.88. The van der Waals surface area contributed by atoms with Crippen LogP contribution in [0.1, 0.15) is 5.56 Å². The van der Waals surface area contributed by atoms with Crippen LogP contribution in [0.3, 0.4) is 0 Å². The first kappa shape index (κ1) is 13.5. The summed E-state index contributed by atoms with van der Waals surface area (Å²) in [5, 5.41) is 7.16. The maximum atomic E-state index is 5.33. The third kappa shape index (κ3) is 2.85. The third-order valence-electron chi connectivity index (χ3n) is 3.20. The summed E-state index contributed by atoms with van der Waals surface area (Å²) in [7, 11) is 1.66. The fourth-order valence-electron chi connectivity index (χ4n) is 2.10. The minimum Gasteiger partial charge on any atom is -0.497 e. The highest BCUT2D eigenvalue weighted by molar-refractivity contribution is 7.71. The van der Waals surface area contributed by atoms with Gasteiger partial charge in [-0.1, -0.05) is 12.1 Å². The molecule has 0 saturated carbocycles. The highest BCUT2D eigenvalue weighted by Crippen LogP contribution is 2.18. The molecule has 106 valence electrons. The number of nitrogens with one attached hydrogen (secondary N) is 1. The molecule has 0 aliphatic rings. The Balaban J connectivity index is 1.95. The van der Waals surface area contributed by atoms with Crippen LogP contribution in [0.5, 0.6) is 5.75 Å². The van der Waals surface area contributed by atoms with Crippen molar-refractivity contribution in [2.45, 2.75) is 6.54 Å². The molecule has 0 spiro atoms. The lowest BCUT2D eigenvalue weighted by Gasteiger charge is -2.07. The van der Waals surface area contributed by atoms with Gasteiger partial charge in [-0.15, -0.1) is 0 Å². The van der Waals surface area contributed by atoms with Gasteiger partial charge in [-0.2, -0.15) is 5.10 Å². The van der Waals surface area contributed by atoms with E-state index in [2.05, 4.69) is 15.2 Å². The van der Waals surface area contributed by atoms with E-state index >= 15 is 0 Å². The lowest BCUT2D eigenvalue weighted by molar-refractivity contribution is 0.414. The maximum absolute atomic E-state index is 5.33. The van der Waals surface area contributed by atoms with Crippen LogP contribution in [-0.4, -0.2) is 26.9 Å². The van der Waals surface area contributed by atoms with E-state index in [1.165, 1.54) is 0 Å². The molecule has 2 aromatic heterocycles. The van der Waals surface area contributed by atoms with Crippen molar-refractivity contribution in [3.63, 3.8) is 0 Å². The zero-order chi connectivity index (χ0) is 14.7. The largest absolute Gasteiger partial charge is 0.497 e. The van der Waals surface area contributed by atoms with Crippen LogP contribution in [0.15, 0.2) is 48.8 Å². The lowest BCUT2D eigenvalue weighted by Crippen LogP contribution is -2.02. The highest BCUT2D eigenvalue weighted by Gasteiger charge is 2.09. The molecule has 5 nitrogen and oxygen atoms in total. The summed E-state index contributed by atoms with van der Waals surface area (Å²) in [4.78, 5) is 4.02. The van der Waals surface area contributed by atoms with Gasteiger partial charge in [0.1, 0.15) is 5.75 Å². The van der Waals surface area contributed by atoms with E-state index in [1.807, 2.05) is 41.0 Å². The molecule has 0 aliphatic carbocycles. The second-order valence-electron chi connectivity index (χ2n) is 4.52. The zero-order valence-electron chi connectivity index (χ0n) is 11.5. The number of benzene rings is 1. The summed E-state index contributed by atoms with van der Waals surface area (Å²) in [6, 6.07) is 11.7. The van der Waals surface area contributed by atoms with Crippen LogP contribution in [0, 0.1) is 4.77 Å². The monoisotopic (exact) mass is 298 g/mol. The molecule has 0 aliphatic heterocycles. The van der Waals surface area contributed by atoms with Crippen LogP contribution >= 0.6 is 12.2 Å². The fourth-order valence-corrected chi connectivity index (χ4v) is 2.30. The van der Waals surface area contributed by atoms with E-state index in [0.717, 1.165) is 22.7 Å². The molecule has 3 aromatic rings. The van der Waals surface area contributed by atoms with E-state index in [0.29, 0.717) is 11.3 Å². The average Bonchev–Trinajstić information content (AvgIpc) is 2.90. The van der Waals surface area contributed by atoms with Gasteiger partial charge in [-0.3, -0.25) is 14.6 Å². The SMILES string of the molecule is COc1ccc(Cn2c(-c3ccncc3)n[nH]c2=S)cc1. The maximum Gasteiger partial charge on any atom is 0.195 e. The predicted octanol–water partition coefficient (Wildman–Crippen LogP) is 3.06. The van der Waals surface area contributed by atoms with Crippen molar-refractivity contribution < 1.29 is 4.74 Å².